The van der Waals surface area contributed by atoms with E-state index in [0.29, 0.717) is 11.6 Å². The number of rotatable bonds is 5. The number of thiocarbonyl (C=S) groups is 1. The number of hydrogen-bond donors (Lipinski definition) is 2. The molecule has 0 amide bonds. The molecule has 0 fully saturated rings. The second-order valence-corrected chi connectivity index (χ2v) is 4.34. The smallest absolute Gasteiger partial charge is 0.223 e. The van der Waals surface area contributed by atoms with Crippen LogP contribution < -0.4 is 11.1 Å². The molecule has 18 heavy (non-hydrogen) atoms. The lowest BCUT2D eigenvalue weighted by Gasteiger charge is -2.14. The van der Waals surface area contributed by atoms with Gasteiger partial charge in [0.1, 0.15) is 10.7 Å². The molecule has 1 atom stereocenters. The van der Waals surface area contributed by atoms with Gasteiger partial charge in [0.2, 0.25) is 5.95 Å². The number of anilines is 1. The summed E-state index contributed by atoms with van der Waals surface area (Å²) in [5, 5.41) is 7.32. The quantitative estimate of drug-likeness (QED) is 0.776. The lowest BCUT2D eigenvalue weighted by atomic mass is 10.3. The zero-order valence-corrected chi connectivity index (χ0v) is 10.8. The molecule has 7 heteroatoms. The molecule has 0 bridgehead atoms. The number of nitrogens with two attached hydrogens (primary N) is 1. The third kappa shape index (κ3) is 3.24. The van der Waals surface area contributed by atoms with Crippen molar-refractivity contribution >= 4 is 23.2 Å². The van der Waals surface area contributed by atoms with Crippen LogP contribution in [0.4, 0.5) is 5.95 Å². The van der Waals surface area contributed by atoms with Crippen LogP contribution in [0.25, 0.3) is 0 Å². The van der Waals surface area contributed by atoms with E-state index >= 15 is 0 Å². The van der Waals surface area contributed by atoms with Gasteiger partial charge in [-0.05, 0) is 19.1 Å². The third-order valence-electron chi connectivity index (χ3n) is 2.30. The minimum atomic E-state index is 0.145. The Bertz CT molecular complexity index is 524. The molecule has 2 aromatic heterocycles. The molecule has 0 aliphatic heterocycles. The lowest BCUT2D eigenvalue weighted by Crippen LogP contribution is -2.24. The fourth-order valence-corrected chi connectivity index (χ4v) is 1.63. The van der Waals surface area contributed by atoms with Crippen LogP contribution in [0.5, 0.6) is 0 Å². The zero-order chi connectivity index (χ0) is 13.0. The van der Waals surface area contributed by atoms with Crippen molar-refractivity contribution < 1.29 is 0 Å². The predicted molar refractivity (Wildman–Crippen MR) is 73.2 cm³/mol. The molecule has 0 aliphatic rings. The summed E-state index contributed by atoms with van der Waals surface area (Å²) in [6.45, 7) is 2.76. The van der Waals surface area contributed by atoms with E-state index in [4.69, 9.17) is 18.0 Å². The molecule has 6 nitrogen and oxygen atoms in total. The first-order chi connectivity index (χ1) is 8.65. The number of nitrogens with zero attached hydrogens (tertiary/aromatic N) is 4. The summed E-state index contributed by atoms with van der Waals surface area (Å²) in [6, 6.07) is 3.72. The van der Waals surface area contributed by atoms with Crippen LogP contribution in [-0.4, -0.2) is 30.8 Å². The Morgan fingerprint density at radius 3 is 3.06 bits per heavy atom. The van der Waals surface area contributed by atoms with E-state index in [0.717, 1.165) is 6.54 Å². The van der Waals surface area contributed by atoms with E-state index < -0.39 is 0 Å². The van der Waals surface area contributed by atoms with E-state index in [9.17, 15) is 0 Å². The predicted octanol–water partition coefficient (Wildman–Crippen LogP) is 0.808. The number of hydrogen-bond acceptors (Lipinski definition) is 5. The SMILES string of the molecule is CC(Cn1cccn1)Nc1nccc(C(N)=S)n1. The molecule has 0 radical (unpaired) electrons. The molecule has 0 spiro atoms. The van der Waals surface area contributed by atoms with Crippen molar-refractivity contribution in [3.05, 3.63) is 36.4 Å². The Balaban J connectivity index is 2.00. The Labute approximate surface area is 110 Å². The molecular weight excluding hydrogens is 248 g/mol. The molecule has 0 saturated carbocycles. The van der Waals surface area contributed by atoms with Crippen molar-refractivity contribution in [3.63, 3.8) is 0 Å². The molecular formula is C11H14N6S. The summed E-state index contributed by atoms with van der Waals surface area (Å²) in [7, 11) is 0. The summed E-state index contributed by atoms with van der Waals surface area (Å²) in [5.41, 5.74) is 6.09. The van der Waals surface area contributed by atoms with Gasteiger partial charge in [-0.3, -0.25) is 4.68 Å². The first-order valence-electron chi connectivity index (χ1n) is 5.52. The number of nitrogens with one attached hydrogen (secondary N) is 1. The van der Waals surface area contributed by atoms with Gasteiger partial charge < -0.3 is 11.1 Å². The standard InChI is InChI=1S/C11H14N6S/c1-8(7-17-6-2-4-14-17)15-11-13-5-3-9(16-11)10(12)18/h2-6,8H,7H2,1H3,(H2,12,18)(H,13,15,16). The summed E-state index contributed by atoms with van der Waals surface area (Å²) in [5.74, 6) is 0.514. The van der Waals surface area contributed by atoms with Gasteiger partial charge in [-0.2, -0.15) is 5.10 Å². The minimum absolute atomic E-state index is 0.145. The topological polar surface area (TPSA) is 81.7 Å². The monoisotopic (exact) mass is 262 g/mol. The normalized spacial score (nSPS) is 12.1. The highest BCUT2D eigenvalue weighted by atomic mass is 32.1. The van der Waals surface area contributed by atoms with Gasteiger partial charge in [-0.25, -0.2) is 9.97 Å². The van der Waals surface area contributed by atoms with Crippen LogP contribution in [0, 0.1) is 0 Å². The largest absolute Gasteiger partial charge is 0.388 e. The zero-order valence-electron chi connectivity index (χ0n) is 9.95. The number of aromatic nitrogens is 4. The summed E-state index contributed by atoms with van der Waals surface area (Å²) >= 11 is 4.87. The van der Waals surface area contributed by atoms with E-state index in [1.807, 2.05) is 23.9 Å². The van der Waals surface area contributed by atoms with Gasteiger partial charge in [0.25, 0.3) is 0 Å². The van der Waals surface area contributed by atoms with E-state index in [1.165, 1.54) is 0 Å². The average Bonchev–Trinajstić information content (AvgIpc) is 2.82. The highest BCUT2D eigenvalue weighted by molar-refractivity contribution is 7.80. The van der Waals surface area contributed by atoms with Crippen molar-refractivity contribution in [2.75, 3.05) is 5.32 Å². The molecule has 0 aliphatic carbocycles. The molecule has 0 aromatic carbocycles. The Morgan fingerprint density at radius 2 is 2.39 bits per heavy atom. The Hall–Kier alpha value is -2.02. The molecule has 2 heterocycles. The van der Waals surface area contributed by atoms with Gasteiger partial charge in [0.15, 0.2) is 0 Å². The Morgan fingerprint density at radius 1 is 1.56 bits per heavy atom. The minimum Gasteiger partial charge on any atom is -0.388 e. The van der Waals surface area contributed by atoms with Crippen LogP contribution in [0.1, 0.15) is 12.6 Å². The Kier molecular flexibility index (Phi) is 3.83. The molecule has 3 N–H and O–H groups in total. The first kappa shape index (κ1) is 12.4. The average molecular weight is 262 g/mol. The molecule has 1 unspecified atom stereocenters. The second kappa shape index (κ2) is 5.54. The van der Waals surface area contributed by atoms with E-state index in [2.05, 4.69) is 20.4 Å². The van der Waals surface area contributed by atoms with Crippen molar-refractivity contribution in [1.29, 1.82) is 0 Å². The van der Waals surface area contributed by atoms with Gasteiger partial charge in [0.05, 0.1) is 6.54 Å². The summed E-state index contributed by atoms with van der Waals surface area (Å²) in [6.07, 6.45) is 5.28. The van der Waals surface area contributed by atoms with Crippen LogP contribution >= 0.6 is 12.2 Å². The van der Waals surface area contributed by atoms with Crippen molar-refractivity contribution in [2.45, 2.75) is 19.5 Å². The van der Waals surface area contributed by atoms with Crippen molar-refractivity contribution in [3.8, 4) is 0 Å². The van der Waals surface area contributed by atoms with Crippen LogP contribution in [0.3, 0.4) is 0 Å². The van der Waals surface area contributed by atoms with Crippen molar-refractivity contribution in [2.24, 2.45) is 5.73 Å². The summed E-state index contributed by atoms with van der Waals surface area (Å²) < 4.78 is 1.84. The molecule has 94 valence electrons. The fraction of sp³-hybridized carbons (Fsp3) is 0.273. The maximum absolute atomic E-state index is 5.52. The highest BCUT2D eigenvalue weighted by Gasteiger charge is 2.06. The van der Waals surface area contributed by atoms with Crippen molar-refractivity contribution in [1.82, 2.24) is 19.7 Å². The maximum Gasteiger partial charge on any atom is 0.223 e. The molecule has 2 aromatic rings. The molecule has 2 rings (SSSR count). The van der Waals surface area contributed by atoms with E-state index in [-0.39, 0.29) is 11.0 Å². The second-order valence-electron chi connectivity index (χ2n) is 3.90. The highest BCUT2D eigenvalue weighted by Crippen LogP contribution is 2.03. The molecule has 0 saturated heterocycles. The third-order valence-corrected chi connectivity index (χ3v) is 2.51. The lowest BCUT2D eigenvalue weighted by molar-refractivity contribution is 0.558. The maximum atomic E-state index is 5.52. The van der Waals surface area contributed by atoms with Gasteiger partial charge >= 0.3 is 0 Å². The van der Waals surface area contributed by atoms with Gasteiger partial charge in [-0.1, -0.05) is 12.2 Å². The van der Waals surface area contributed by atoms with Gasteiger partial charge in [-0.15, -0.1) is 0 Å². The fourth-order valence-electron chi connectivity index (χ4n) is 1.52. The van der Waals surface area contributed by atoms with Crippen LogP contribution in [0.2, 0.25) is 0 Å². The van der Waals surface area contributed by atoms with Crippen LogP contribution in [0.15, 0.2) is 30.7 Å². The summed E-state index contributed by atoms with van der Waals surface area (Å²) in [4.78, 5) is 8.61. The van der Waals surface area contributed by atoms with E-state index in [1.54, 1.807) is 18.5 Å². The van der Waals surface area contributed by atoms with Crippen LogP contribution in [-0.2, 0) is 6.54 Å². The van der Waals surface area contributed by atoms with Gasteiger partial charge in [0, 0.05) is 24.6 Å². The first-order valence-corrected chi connectivity index (χ1v) is 5.93.